The minimum absolute atomic E-state index is 0.514. The highest BCUT2D eigenvalue weighted by Crippen LogP contribution is 2.44. The van der Waals surface area contributed by atoms with E-state index in [1.165, 1.54) is 70.4 Å². The van der Waals surface area contributed by atoms with Crippen LogP contribution in [0.5, 0.6) is 0 Å². The van der Waals surface area contributed by atoms with Gasteiger partial charge in [-0.2, -0.15) is 0 Å². The molecule has 680 valence electrons. The molecule has 0 aliphatic carbocycles. The van der Waals surface area contributed by atoms with E-state index in [1.54, 1.807) is 0 Å². The molecule has 28 rings (SSSR count). The van der Waals surface area contributed by atoms with E-state index >= 15 is 0 Å². The van der Waals surface area contributed by atoms with Crippen LogP contribution >= 0.6 is 0 Å². The first-order chi connectivity index (χ1) is 72.3. The molecule has 13 heteroatoms. The molecule has 0 aliphatic rings. The van der Waals surface area contributed by atoms with Gasteiger partial charge in [-0.25, -0.2) is 49.8 Å². The normalized spacial score (nSPS) is 11.4. The van der Waals surface area contributed by atoms with Crippen molar-refractivity contribution < 1.29 is 0 Å². The predicted octanol–water partition coefficient (Wildman–Crippen LogP) is 33.2. The summed E-state index contributed by atoms with van der Waals surface area (Å²) in [6.07, 6.45) is 5.72. The van der Waals surface area contributed by atoms with Crippen LogP contribution in [0.4, 0.5) is 0 Å². The highest BCUT2D eigenvalue weighted by atomic mass is 15.0. The summed E-state index contributed by atoms with van der Waals surface area (Å²) in [6.45, 7) is 0. The van der Waals surface area contributed by atoms with Crippen LogP contribution in [-0.4, -0.2) is 64.8 Å². The van der Waals surface area contributed by atoms with Crippen molar-refractivity contribution >= 4 is 119 Å². The van der Waals surface area contributed by atoms with Gasteiger partial charge in [0.15, 0.2) is 29.1 Å². The second-order valence-electron chi connectivity index (χ2n) is 36.3. The number of benzene rings is 19. The fourth-order valence-electron chi connectivity index (χ4n) is 20.1. The fraction of sp³-hybridized carbons (Fsp3) is 0. The quantitative estimate of drug-likeness (QED) is 0.0944. The Balaban J connectivity index is 0.000000111. The van der Waals surface area contributed by atoms with Crippen molar-refractivity contribution in [2.24, 2.45) is 0 Å². The molecule has 0 radical (unpaired) electrons. The van der Waals surface area contributed by atoms with Crippen molar-refractivity contribution in [2.45, 2.75) is 0 Å². The van der Waals surface area contributed by atoms with Crippen molar-refractivity contribution in [1.82, 2.24) is 64.8 Å². The molecule has 0 spiro atoms. The highest BCUT2D eigenvalue weighted by molar-refractivity contribution is 6.25. The minimum atomic E-state index is 0.514. The fourth-order valence-corrected chi connectivity index (χ4v) is 20.1. The van der Waals surface area contributed by atoms with Gasteiger partial charge in [0.1, 0.15) is 5.69 Å². The van der Waals surface area contributed by atoms with Gasteiger partial charge in [0.2, 0.25) is 0 Å². The lowest BCUT2D eigenvalue weighted by Crippen LogP contribution is -2.01. The molecule has 0 saturated carbocycles. The second kappa shape index (κ2) is 37.7. The zero-order valence-corrected chi connectivity index (χ0v) is 78.7. The highest BCUT2D eigenvalue weighted by Gasteiger charge is 2.23. The molecule has 28 aromatic rings. The Morgan fingerprint density at radius 3 is 0.747 bits per heavy atom. The Labute approximate surface area is 840 Å². The standard InChI is InChI=1S/C45H27N5.2C44H28N4/c1-3-12-31-25-33(19-17-28(31)9-1)43-48-44(34-20-18-29-10-2-4-13-32(29)26-34)50-45(49-43)40-24-22-35(27-46-40)42-38-23-21-30-11-5-6-14-36(30)41(38)37-15-7-8-16-39(37)47-42;1-3-11-29(12-4-1)30-19-21-32(22-20-30)40-27-41(48-44(47-40)33-14-5-2-6-15-33)39-26-24-34(28-45-39)43-37-25-23-31-13-7-8-16-35(31)42(37)36-17-9-10-18-38(36)46-43;1-3-11-29(12-4-1)30-19-21-33(22-20-30)44-47-40(32-14-5-2-6-15-32)27-41(48-44)39-26-24-34(28-45-39)43-37-25-23-31-13-7-8-16-35(31)42(37)36-17-9-10-18-38(36)46-43/h1-27H;2*1-28H. The average molecular weight is 1860 g/mol. The molecular weight excluding hydrogens is 1780 g/mol. The number of rotatable bonds is 14. The van der Waals surface area contributed by atoms with Crippen molar-refractivity contribution in [3.63, 3.8) is 0 Å². The van der Waals surface area contributed by atoms with Gasteiger partial charge >= 0.3 is 0 Å². The first kappa shape index (κ1) is 86.4. The first-order valence-corrected chi connectivity index (χ1v) is 48.8. The maximum absolute atomic E-state index is 5.16. The summed E-state index contributed by atoms with van der Waals surface area (Å²) in [5.74, 6) is 3.04. The molecule has 9 aromatic heterocycles. The number of aromatic nitrogens is 13. The van der Waals surface area contributed by atoms with E-state index in [0.29, 0.717) is 34.8 Å². The number of nitrogens with zero attached hydrogens (tertiary/aromatic N) is 13. The SMILES string of the molecule is c1ccc(-c2ccc(-c3cc(-c4ccc(-c5nc6ccccc6c6c5ccc5ccccc56)cn4)nc(-c4ccccc4)n3)cc2)cc1.c1ccc(-c2ccc(-c3nc(-c4ccccc4)cc(-c4ccc(-c5nc6ccccc6c6c5ccc5ccccc56)cn4)n3)cc2)cc1.c1ccc2cc(-c3nc(-c4ccc5ccccc5c4)nc(-c4ccc(-c5nc6ccccc6c6c5ccc5ccccc56)cn4)n3)ccc2c1. The van der Waals surface area contributed by atoms with Crippen molar-refractivity contribution in [2.75, 3.05) is 0 Å². The zero-order valence-electron chi connectivity index (χ0n) is 78.7. The summed E-state index contributed by atoms with van der Waals surface area (Å²) in [5.41, 5.74) is 24.4. The molecule has 0 bridgehead atoms. The van der Waals surface area contributed by atoms with E-state index in [4.69, 9.17) is 64.8 Å². The Bertz CT molecular complexity index is 9390. The van der Waals surface area contributed by atoms with Gasteiger partial charge in [0, 0.05) is 117 Å². The summed E-state index contributed by atoms with van der Waals surface area (Å²) in [6, 6.07) is 168. The Kier molecular flexibility index (Phi) is 22.3. The number of hydrogen-bond acceptors (Lipinski definition) is 13. The summed E-state index contributed by atoms with van der Waals surface area (Å²) in [5, 5.41) is 22.2. The van der Waals surface area contributed by atoms with E-state index in [2.05, 4.69) is 364 Å². The minimum Gasteiger partial charge on any atom is -0.254 e. The predicted molar refractivity (Wildman–Crippen MR) is 599 cm³/mol. The molecule has 0 fully saturated rings. The topological polar surface area (TPSA) is 168 Å². The molecule has 19 aromatic carbocycles. The molecule has 9 heterocycles. The van der Waals surface area contributed by atoms with Gasteiger partial charge < -0.3 is 0 Å². The van der Waals surface area contributed by atoms with Crippen LogP contribution < -0.4 is 0 Å². The Morgan fingerprint density at radius 1 is 0.116 bits per heavy atom. The molecule has 0 unspecified atom stereocenters. The van der Waals surface area contributed by atoms with Gasteiger partial charge in [0.05, 0.1) is 67.8 Å². The van der Waals surface area contributed by atoms with E-state index in [0.717, 1.165) is 172 Å². The summed E-state index contributed by atoms with van der Waals surface area (Å²) < 4.78 is 0. The van der Waals surface area contributed by atoms with Crippen LogP contribution in [0, 0.1) is 0 Å². The average Bonchev–Trinajstić information content (AvgIpc) is 0.744. The summed E-state index contributed by atoms with van der Waals surface area (Å²) in [7, 11) is 0. The number of para-hydroxylation sites is 3. The van der Waals surface area contributed by atoms with E-state index in [1.807, 2.05) is 140 Å². The Morgan fingerprint density at radius 2 is 0.370 bits per heavy atom. The smallest absolute Gasteiger partial charge is 0.182 e. The maximum Gasteiger partial charge on any atom is 0.182 e. The maximum atomic E-state index is 5.16. The van der Waals surface area contributed by atoms with Crippen LogP contribution in [-0.2, 0) is 0 Å². The number of pyridine rings is 6. The first-order valence-electron chi connectivity index (χ1n) is 48.8. The molecule has 0 saturated heterocycles. The Hall–Kier alpha value is -19.9. The van der Waals surface area contributed by atoms with Crippen LogP contribution in [0.1, 0.15) is 0 Å². The molecular formula is C133H83N13. The molecule has 0 N–H and O–H groups in total. The molecule has 13 nitrogen and oxygen atoms in total. The lowest BCUT2D eigenvalue weighted by molar-refractivity contribution is 1.06. The van der Waals surface area contributed by atoms with Gasteiger partial charge in [-0.1, -0.05) is 406 Å². The van der Waals surface area contributed by atoms with Gasteiger partial charge in [-0.3, -0.25) is 15.0 Å². The summed E-state index contributed by atoms with van der Waals surface area (Å²) in [4.78, 5) is 65.4. The van der Waals surface area contributed by atoms with E-state index < -0.39 is 0 Å². The second-order valence-corrected chi connectivity index (χ2v) is 36.3. The number of fused-ring (bicyclic) bond motifs is 17. The molecule has 146 heavy (non-hydrogen) atoms. The van der Waals surface area contributed by atoms with Crippen molar-refractivity contribution in [3.05, 3.63) is 504 Å². The monoisotopic (exact) mass is 1860 g/mol. The van der Waals surface area contributed by atoms with Crippen LogP contribution in [0.25, 0.3) is 277 Å². The number of hydrogen-bond donors (Lipinski definition) is 0. The summed E-state index contributed by atoms with van der Waals surface area (Å²) >= 11 is 0. The van der Waals surface area contributed by atoms with Gasteiger partial charge in [0.25, 0.3) is 0 Å². The third kappa shape index (κ3) is 16.8. The van der Waals surface area contributed by atoms with Crippen molar-refractivity contribution in [3.8, 4) is 158 Å². The van der Waals surface area contributed by atoms with Crippen LogP contribution in [0.2, 0.25) is 0 Å². The molecule has 0 atom stereocenters. The van der Waals surface area contributed by atoms with E-state index in [9.17, 15) is 0 Å². The van der Waals surface area contributed by atoms with E-state index in [-0.39, 0.29) is 0 Å². The third-order valence-corrected chi connectivity index (χ3v) is 27.4. The van der Waals surface area contributed by atoms with Gasteiger partial charge in [-0.15, -0.1) is 0 Å². The van der Waals surface area contributed by atoms with Crippen LogP contribution in [0.15, 0.2) is 504 Å². The van der Waals surface area contributed by atoms with Crippen LogP contribution in [0.3, 0.4) is 0 Å². The van der Waals surface area contributed by atoms with Crippen molar-refractivity contribution in [1.29, 1.82) is 0 Å². The van der Waals surface area contributed by atoms with Gasteiger partial charge in [-0.05, 0) is 155 Å². The lowest BCUT2D eigenvalue weighted by atomic mass is 9.95. The zero-order chi connectivity index (χ0) is 96.7. The third-order valence-electron chi connectivity index (χ3n) is 27.4. The largest absolute Gasteiger partial charge is 0.254 e. The molecule has 0 aliphatic heterocycles. The molecule has 0 amide bonds. The lowest BCUT2D eigenvalue weighted by Gasteiger charge is -2.13.